The number of fused-ring (bicyclic) bond motifs is 3. The minimum Gasteiger partial charge on any atom is -0.480 e. The molecular formula is C23H22F2N2O3. The number of rotatable bonds is 6. The maximum absolute atomic E-state index is 13.9. The molecule has 0 radical (unpaired) electrons. The van der Waals surface area contributed by atoms with Crippen molar-refractivity contribution in [1.29, 1.82) is 0 Å². The summed E-state index contributed by atoms with van der Waals surface area (Å²) in [6.45, 7) is -0.178. The summed E-state index contributed by atoms with van der Waals surface area (Å²) >= 11 is 0. The summed E-state index contributed by atoms with van der Waals surface area (Å²) in [5, 5.41) is 13.0. The third-order valence-corrected chi connectivity index (χ3v) is 5.62. The highest BCUT2D eigenvalue weighted by Crippen LogP contribution is 2.33. The van der Waals surface area contributed by atoms with E-state index in [0.717, 1.165) is 16.8 Å². The minimum absolute atomic E-state index is 0.107. The molecule has 0 saturated carbocycles. The lowest BCUT2D eigenvalue weighted by atomic mass is 9.91. The molecule has 1 atom stereocenters. The summed E-state index contributed by atoms with van der Waals surface area (Å²) in [7, 11) is 0. The number of carboxylic acids is 1. The maximum atomic E-state index is 13.9. The van der Waals surface area contributed by atoms with Crippen LogP contribution in [0.4, 0.5) is 8.78 Å². The normalized spacial score (nSPS) is 15.7. The lowest BCUT2D eigenvalue weighted by Crippen LogP contribution is -2.39. The van der Waals surface area contributed by atoms with Gasteiger partial charge in [0.2, 0.25) is 5.91 Å². The van der Waals surface area contributed by atoms with Crippen LogP contribution in [-0.2, 0) is 35.4 Å². The lowest BCUT2D eigenvalue weighted by molar-refractivity contribution is -0.137. The number of amides is 1. The van der Waals surface area contributed by atoms with Crippen LogP contribution in [0.5, 0.6) is 0 Å². The fourth-order valence-electron chi connectivity index (χ4n) is 4.31. The number of nitrogens with one attached hydrogen (secondary N) is 1. The van der Waals surface area contributed by atoms with Crippen LogP contribution < -0.4 is 5.32 Å². The van der Waals surface area contributed by atoms with Gasteiger partial charge in [0.25, 0.3) is 0 Å². The Morgan fingerprint density at radius 3 is 2.70 bits per heavy atom. The molecule has 5 nitrogen and oxygen atoms in total. The Bertz CT molecular complexity index is 1120. The van der Waals surface area contributed by atoms with Gasteiger partial charge in [-0.15, -0.1) is 0 Å². The van der Waals surface area contributed by atoms with Gasteiger partial charge in [-0.1, -0.05) is 12.1 Å². The first-order valence-electron chi connectivity index (χ1n) is 9.96. The first-order valence-corrected chi connectivity index (χ1v) is 9.96. The summed E-state index contributed by atoms with van der Waals surface area (Å²) in [6, 6.07) is 10.5. The van der Waals surface area contributed by atoms with Crippen LogP contribution >= 0.6 is 0 Å². The first kappa shape index (κ1) is 20.1. The molecule has 1 amide bonds. The number of hydrogen-bond donors (Lipinski definition) is 2. The minimum atomic E-state index is -0.952. The van der Waals surface area contributed by atoms with Crippen LogP contribution in [0, 0.1) is 11.6 Å². The van der Waals surface area contributed by atoms with Gasteiger partial charge < -0.3 is 15.0 Å². The molecule has 0 aliphatic heterocycles. The van der Waals surface area contributed by atoms with Gasteiger partial charge in [-0.2, -0.15) is 0 Å². The van der Waals surface area contributed by atoms with Gasteiger partial charge in [-0.3, -0.25) is 9.59 Å². The van der Waals surface area contributed by atoms with E-state index in [4.69, 9.17) is 0 Å². The molecule has 30 heavy (non-hydrogen) atoms. The average molecular weight is 412 g/mol. The van der Waals surface area contributed by atoms with Crippen molar-refractivity contribution in [3.05, 3.63) is 70.9 Å². The third kappa shape index (κ3) is 4.20. The molecular weight excluding hydrogens is 390 g/mol. The van der Waals surface area contributed by atoms with E-state index < -0.39 is 5.97 Å². The van der Waals surface area contributed by atoms with Gasteiger partial charge in [-0.05, 0) is 67.1 Å². The number of nitrogens with zero attached hydrogens (tertiary/aromatic N) is 1. The molecule has 1 aliphatic rings. The van der Waals surface area contributed by atoms with Crippen molar-refractivity contribution in [1.82, 2.24) is 9.88 Å². The van der Waals surface area contributed by atoms with Crippen molar-refractivity contribution in [2.45, 2.75) is 44.7 Å². The number of aromatic nitrogens is 1. The Morgan fingerprint density at radius 2 is 1.93 bits per heavy atom. The van der Waals surface area contributed by atoms with E-state index in [-0.39, 0.29) is 36.5 Å². The number of carbonyl (C=O) groups is 2. The van der Waals surface area contributed by atoms with Gasteiger partial charge in [0, 0.05) is 29.1 Å². The van der Waals surface area contributed by atoms with E-state index in [0.29, 0.717) is 36.6 Å². The van der Waals surface area contributed by atoms with Gasteiger partial charge in [-0.25, -0.2) is 8.78 Å². The van der Waals surface area contributed by atoms with Gasteiger partial charge >= 0.3 is 5.97 Å². The molecule has 1 unspecified atom stereocenters. The smallest absolute Gasteiger partial charge is 0.323 e. The van der Waals surface area contributed by atoms with E-state index in [1.807, 2.05) is 0 Å². The average Bonchev–Trinajstić information content (AvgIpc) is 2.98. The van der Waals surface area contributed by atoms with Crippen LogP contribution in [0.3, 0.4) is 0 Å². The van der Waals surface area contributed by atoms with Crippen molar-refractivity contribution in [2.24, 2.45) is 0 Å². The maximum Gasteiger partial charge on any atom is 0.323 e. The topological polar surface area (TPSA) is 71.3 Å². The molecule has 7 heteroatoms. The summed E-state index contributed by atoms with van der Waals surface area (Å²) in [6.07, 6.45) is 2.51. The Labute approximate surface area is 172 Å². The summed E-state index contributed by atoms with van der Waals surface area (Å²) in [5.41, 5.74) is 3.25. The summed E-state index contributed by atoms with van der Waals surface area (Å²) in [4.78, 5) is 23.7. The molecule has 0 saturated heterocycles. The SMILES string of the molecule is O=C(O)Cn1c2c(c3cc(F)ccc31)CC(NC(=O)CCc1cccc(F)c1)CC2. The highest BCUT2D eigenvalue weighted by atomic mass is 19.1. The first-order chi connectivity index (χ1) is 14.4. The fourth-order valence-corrected chi connectivity index (χ4v) is 4.31. The van der Waals surface area contributed by atoms with Gasteiger partial charge in [0.15, 0.2) is 0 Å². The number of halogens is 2. The fraction of sp³-hybridized carbons (Fsp3) is 0.304. The molecule has 1 aromatic heterocycles. The zero-order chi connectivity index (χ0) is 21.3. The third-order valence-electron chi connectivity index (χ3n) is 5.62. The zero-order valence-corrected chi connectivity index (χ0v) is 16.3. The lowest BCUT2D eigenvalue weighted by Gasteiger charge is -2.25. The van der Waals surface area contributed by atoms with E-state index in [1.54, 1.807) is 22.8 Å². The van der Waals surface area contributed by atoms with Crippen LogP contribution in [0.15, 0.2) is 42.5 Å². The second kappa shape index (κ2) is 8.26. The summed E-state index contributed by atoms with van der Waals surface area (Å²) < 4.78 is 28.9. The van der Waals surface area contributed by atoms with E-state index in [9.17, 15) is 23.5 Å². The molecule has 1 heterocycles. The van der Waals surface area contributed by atoms with Crippen molar-refractivity contribution >= 4 is 22.8 Å². The Balaban J connectivity index is 1.49. The molecule has 1 aliphatic carbocycles. The highest BCUT2D eigenvalue weighted by molar-refractivity contribution is 5.87. The van der Waals surface area contributed by atoms with E-state index in [1.165, 1.54) is 24.3 Å². The Kier molecular flexibility index (Phi) is 5.53. The van der Waals surface area contributed by atoms with E-state index >= 15 is 0 Å². The quantitative estimate of drug-likeness (QED) is 0.650. The monoisotopic (exact) mass is 412 g/mol. The number of hydrogen-bond acceptors (Lipinski definition) is 2. The van der Waals surface area contributed by atoms with Crippen LogP contribution in [0.2, 0.25) is 0 Å². The standard InChI is InChI=1S/C23H22F2N2O3/c24-15-3-1-2-14(10-15)4-9-22(28)26-17-6-8-21-19(12-17)18-11-16(25)5-7-20(18)27(21)13-23(29)30/h1-3,5,7,10-11,17H,4,6,8-9,12-13H2,(H,26,28)(H,29,30). The second-order valence-corrected chi connectivity index (χ2v) is 7.70. The molecule has 0 fully saturated rings. The molecule has 0 spiro atoms. The number of aliphatic carboxylic acids is 1. The Morgan fingerprint density at radius 1 is 1.13 bits per heavy atom. The summed E-state index contributed by atoms with van der Waals surface area (Å²) in [5.74, 6) is -1.77. The predicted octanol–water partition coefficient (Wildman–Crippen LogP) is 3.61. The number of benzene rings is 2. The zero-order valence-electron chi connectivity index (χ0n) is 16.3. The van der Waals surface area contributed by atoms with Crippen molar-refractivity contribution in [2.75, 3.05) is 0 Å². The van der Waals surface area contributed by atoms with Crippen LogP contribution in [0.25, 0.3) is 10.9 Å². The molecule has 3 aromatic rings. The molecule has 156 valence electrons. The van der Waals surface area contributed by atoms with Crippen LogP contribution in [0.1, 0.15) is 29.7 Å². The van der Waals surface area contributed by atoms with Crippen molar-refractivity contribution < 1.29 is 23.5 Å². The molecule has 4 rings (SSSR count). The molecule has 2 aromatic carbocycles. The predicted molar refractivity (Wildman–Crippen MR) is 108 cm³/mol. The van der Waals surface area contributed by atoms with Crippen molar-refractivity contribution in [3.8, 4) is 0 Å². The van der Waals surface area contributed by atoms with Gasteiger partial charge in [0.05, 0.1) is 0 Å². The second-order valence-electron chi connectivity index (χ2n) is 7.70. The van der Waals surface area contributed by atoms with E-state index in [2.05, 4.69) is 5.32 Å². The van der Waals surface area contributed by atoms with Crippen molar-refractivity contribution in [3.63, 3.8) is 0 Å². The van der Waals surface area contributed by atoms with Crippen LogP contribution in [-0.4, -0.2) is 27.6 Å². The molecule has 2 N–H and O–H groups in total. The number of carbonyl (C=O) groups excluding carboxylic acids is 1. The number of aryl methyl sites for hydroxylation is 1. The largest absolute Gasteiger partial charge is 0.480 e. The van der Waals surface area contributed by atoms with Gasteiger partial charge in [0.1, 0.15) is 18.2 Å². The highest BCUT2D eigenvalue weighted by Gasteiger charge is 2.27. The molecule has 0 bridgehead atoms. The Hall–Kier alpha value is -3.22. The number of carboxylic acid groups (broad SMARTS) is 1.